The highest BCUT2D eigenvalue weighted by Crippen LogP contribution is 2.26. The summed E-state index contributed by atoms with van der Waals surface area (Å²) in [5, 5.41) is 13.9. The third-order valence-electron chi connectivity index (χ3n) is 3.46. The lowest BCUT2D eigenvalue weighted by Crippen LogP contribution is -2.30. The minimum absolute atomic E-state index is 0.174. The van der Waals surface area contributed by atoms with E-state index in [1.165, 1.54) is 12.8 Å². The lowest BCUT2D eigenvalue weighted by atomic mass is 9.99. The van der Waals surface area contributed by atoms with E-state index in [2.05, 4.69) is 15.0 Å². The maximum absolute atomic E-state index is 9.88. The first-order valence-electron chi connectivity index (χ1n) is 6.19. The van der Waals surface area contributed by atoms with Crippen molar-refractivity contribution in [1.29, 1.82) is 0 Å². The highest BCUT2D eigenvalue weighted by Gasteiger charge is 2.31. The summed E-state index contributed by atoms with van der Waals surface area (Å²) in [6, 6.07) is 0. The van der Waals surface area contributed by atoms with Crippen LogP contribution in [0.2, 0.25) is 0 Å². The van der Waals surface area contributed by atoms with Gasteiger partial charge in [0.25, 0.3) is 5.95 Å². The number of hydrogen-bond acceptors (Lipinski definition) is 6. The molecule has 2 unspecified atom stereocenters. The highest BCUT2D eigenvalue weighted by atomic mass is 16.5. The molecular weight excluding hydrogens is 222 g/mol. The molecule has 0 aliphatic carbocycles. The van der Waals surface area contributed by atoms with Crippen LogP contribution in [-0.2, 0) is 4.74 Å². The van der Waals surface area contributed by atoms with E-state index in [4.69, 9.17) is 9.26 Å². The largest absolute Gasteiger partial charge is 0.392 e. The minimum Gasteiger partial charge on any atom is -0.392 e. The number of aliphatic hydroxyl groups excluding tert-OH is 1. The van der Waals surface area contributed by atoms with Gasteiger partial charge in [-0.05, 0) is 24.4 Å². The first kappa shape index (κ1) is 11.0. The average molecular weight is 239 g/mol. The van der Waals surface area contributed by atoms with Crippen LogP contribution in [0.4, 0.5) is 5.95 Å². The molecule has 2 aliphatic rings. The lowest BCUT2D eigenvalue weighted by Gasteiger charge is -2.24. The Hall–Kier alpha value is -1.14. The van der Waals surface area contributed by atoms with E-state index in [1.54, 1.807) is 0 Å². The summed E-state index contributed by atoms with van der Waals surface area (Å²) < 4.78 is 10.6. The third-order valence-corrected chi connectivity index (χ3v) is 3.46. The molecule has 2 fully saturated rings. The summed E-state index contributed by atoms with van der Waals surface area (Å²) >= 11 is 0. The summed E-state index contributed by atoms with van der Waals surface area (Å²) in [6.45, 7) is 3.04. The van der Waals surface area contributed by atoms with Crippen molar-refractivity contribution in [3.8, 4) is 0 Å². The zero-order valence-electron chi connectivity index (χ0n) is 9.71. The maximum atomic E-state index is 9.88. The molecule has 0 spiro atoms. The molecule has 17 heavy (non-hydrogen) atoms. The molecule has 3 rings (SSSR count). The van der Waals surface area contributed by atoms with E-state index in [0.29, 0.717) is 31.5 Å². The molecule has 0 saturated carbocycles. The molecule has 94 valence electrons. The van der Waals surface area contributed by atoms with Gasteiger partial charge in [-0.3, -0.25) is 0 Å². The Labute approximate surface area is 99.6 Å². The Kier molecular flexibility index (Phi) is 2.98. The zero-order chi connectivity index (χ0) is 11.7. The van der Waals surface area contributed by atoms with Crippen LogP contribution in [0.3, 0.4) is 0 Å². The van der Waals surface area contributed by atoms with E-state index >= 15 is 0 Å². The molecule has 0 bridgehead atoms. The molecule has 0 amide bonds. The number of nitrogens with zero attached hydrogens (tertiary/aromatic N) is 3. The van der Waals surface area contributed by atoms with Crippen molar-refractivity contribution < 1.29 is 14.4 Å². The van der Waals surface area contributed by atoms with Crippen molar-refractivity contribution in [3.63, 3.8) is 0 Å². The Bertz CT molecular complexity index is 376. The van der Waals surface area contributed by atoms with Crippen molar-refractivity contribution in [2.75, 3.05) is 31.2 Å². The molecule has 6 nitrogen and oxygen atoms in total. The van der Waals surface area contributed by atoms with Crippen molar-refractivity contribution in [3.05, 3.63) is 5.89 Å². The van der Waals surface area contributed by atoms with E-state index < -0.39 is 6.10 Å². The normalized spacial score (nSPS) is 29.8. The number of aromatic nitrogens is 2. The van der Waals surface area contributed by atoms with E-state index in [1.807, 2.05) is 0 Å². The fourth-order valence-electron chi connectivity index (χ4n) is 2.39. The zero-order valence-corrected chi connectivity index (χ0v) is 9.71. The van der Waals surface area contributed by atoms with E-state index in [9.17, 15) is 5.11 Å². The van der Waals surface area contributed by atoms with Gasteiger partial charge in [0.15, 0.2) is 0 Å². The van der Waals surface area contributed by atoms with Crippen molar-refractivity contribution >= 4 is 5.95 Å². The topological polar surface area (TPSA) is 71.6 Å². The van der Waals surface area contributed by atoms with Crippen molar-refractivity contribution in [2.45, 2.75) is 31.3 Å². The van der Waals surface area contributed by atoms with Gasteiger partial charge in [-0.15, -0.1) is 0 Å². The van der Waals surface area contributed by atoms with Gasteiger partial charge in [0.2, 0.25) is 5.89 Å². The predicted octanol–water partition coefficient (Wildman–Crippen LogP) is 0.535. The van der Waals surface area contributed by atoms with E-state index in [-0.39, 0.29) is 5.92 Å². The van der Waals surface area contributed by atoms with Crippen LogP contribution in [0.1, 0.15) is 31.1 Å². The Morgan fingerprint density at radius 3 is 2.88 bits per heavy atom. The molecule has 6 heteroatoms. The van der Waals surface area contributed by atoms with Gasteiger partial charge in [0.05, 0.1) is 18.6 Å². The summed E-state index contributed by atoms with van der Waals surface area (Å²) in [7, 11) is 0. The number of rotatable bonds is 2. The molecule has 2 saturated heterocycles. The van der Waals surface area contributed by atoms with E-state index in [0.717, 1.165) is 13.1 Å². The van der Waals surface area contributed by atoms with Gasteiger partial charge >= 0.3 is 0 Å². The molecule has 3 heterocycles. The van der Waals surface area contributed by atoms with Crippen LogP contribution in [0.5, 0.6) is 0 Å². The van der Waals surface area contributed by atoms with Crippen LogP contribution in [0.15, 0.2) is 4.52 Å². The smallest absolute Gasteiger partial charge is 0.266 e. The van der Waals surface area contributed by atoms with Gasteiger partial charge < -0.3 is 19.3 Å². The molecular formula is C11H17N3O3. The molecule has 1 N–H and O–H groups in total. The Balaban J connectivity index is 1.74. The van der Waals surface area contributed by atoms with Gasteiger partial charge in [-0.1, -0.05) is 0 Å². The number of aliphatic hydroxyl groups is 1. The number of hydrogen-bond donors (Lipinski definition) is 1. The minimum atomic E-state index is -0.435. The molecule has 2 aliphatic heterocycles. The monoisotopic (exact) mass is 239 g/mol. The number of ether oxygens (including phenoxy) is 1. The third kappa shape index (κ3) is 2.14. The Morgan fingerprint density at radius 2 is 2.12 bits per heavy atom. The van der Waals surface area contributed by atoms with Crippen LogP contribution in [-0.4, -0.2) is 47.7 Å². The fourth-order valence-corrected chi connectivity index (χ4v) is 2.39. The van der Waals surface area contributed by atoms with Gasteiger partial charge in [0, 0.05) is 19.7 Å². The summed E-state index contributed by atoms with van der Waals surface area (Å²) in [4.78, 5) is 6.49. The average Bonchev–Trinajstić information content (AvgIpc) is 3.00. The SMILES string of the molecule is OC1CCOCC1c1nc(N2CCCC2)no1. The number of anilines is 1. The Morgan fingerprint density at radius 1 is 1.29 bits per heavy atom. The lowest BCUT2D eigenvalue weighted by molar-refractivity contribution is -0.0149. The van der Waals surface area contributed by atoms with Gasteiger partial charge in [-0.25, -0.2) is 0 Å². The molecule has 1 aromatic heterocycles. The molecule has 1 aromatic rings. The maximum Gasteiger partial charge on any atom is 0.266 e. The predicted molar refractivity (Wildman–Crippen MR) is 59.9 cm³/mol. The van der Waals surface area contributed by atoms with Gasteiger partial charge in [-0.2, -0.15) is 4.98 Å². The summed E-state index contributed by atoms with van der Waals surface area (Å²) in [6.07, 6.45) is 2.56. The van der Waals surface area contributed by atoms with Crippen molar-refractivity contribution in [1.82, 2.24) is 10.1 Å². The van der Waals surface area contributed by atoms with Crippen molar-refractivity contribution in [2.24, 2.45) is 0 Å². The highest BCUT2D eigenvalue weighted by molar-refractivity contribution is 5.29. The summed E-state index contributed by atoms with van der Waals surface area (Å²) in [5.41, 5.74) is 0. The van der Waals surface area contributed by atoms with Crippen LogP contribution >= 0.6 is 0 Å². The summed E-state index contributed by atoms with van der Waals surface area (Å²) in [5.74, 6) is 0.974. The molecule has 0 aromatic carbocycles. The van der Waals surface area contributed by atoms with Crippen LogP contribution in [0, 0.1) is 0 Å². The van der Waals surface area contributed by atoms with Gasteiger partial charge in [0.1, 0.15) is 0 Å². The fraction of sp³-hybridized carbons (Fsp3) is 0.818. The first-order chi connectivity index (χ1) is 8.34. The van der Waals surface area contributed by atoms with Crippen LogP contribution in [0.25, 0.3) is 0 Å². The molecule has 0 radical (unpaired) electrons. The first-order valence-corrected chi connectivity index (χ1v) is 6.19. The van der Waals surface area contributed by atoms with Crippen LogP contribution < -0.4 is 4.90 Å². The standard InChI is InChI=1S/C11H17N3O3/c15-9-3-6-16-7-8(9)10-12-11(13-17-10)14-4-1-2-5-14/h8-9,15H,1-7H2. The second-order valence-electron chi connectivity index (χ2n) is 4.66. The second kappa shape index (κ2) is 4.62. The quantitative estimate of drug-likeness (QED) is 0.812. The molecule has 2 atom stereocenters. The second-order valence-corrected chi connectivity index (χ2v) is 4.66.